The number of halogens is 20. The van der Waals surface area contributed by atoms with E-state index in [0.717, 1.165) is 5.56 Å². The molecule has 0 aliphatic heterocycles. The third-order valence-corrected chi connectivity index (χ3v) is 10.3. The number of hydrogen-bond donors (Lipinski definition) is 0. The Bertz CT molecular complexity index is 2430. The van der Waals surface area contributed by atoms with Crippen molar-refractivity contribution in [3.8, 4) is 11.1 Å². The van der Waals surface area contributed by atoms with Crippen molar-refractivity contribution in [2.24, 2.45) is 0 Å². The molecule has 0 radical (unpaired) electrons. The normalized spacial score (nSPS) is 11.8. The van der Waals surface area contributed by atoms with Crippen LogP contribution < -0.4 is 21.9 Å². The van der Waals surface area contributed by atoms with E-state index in [1.165, 1.54) is 11.1 Å². The minimum atomic E-state index is -7.22. The molecule has 6 rings (SSSR count). The smallest absolute Gasteiger partial charge is 0.200 e. The van der Waals surface area contributed by atoms with Gasteiger partial charge in [-0.1, -0.05) is 54.6 Å². The summed E-state index contributed by atoms with van der Waals surface area (Å²) in [6, 6.07) is 18.6. The lowest BCUT2D eigenvalue weighted by molar-refractivity contribution is 0.378. The first-order valence-corrected chi connectivity index (χ1v) is 19.1. The van der Waals surface area contributed by atoms with Gasteiger partial charge in [-0.2, -0.15) is 0 Å². The lowest BCUT2D eigenvalue weighted by Gasteiger charge is -2.44. The van der Waals surface area contributed by atoms with Crippen molar-refractivity contribution in [3.63, 3.8) is 0 Å². The highest BCUT2D eigenvalue weighted by atomic mass is 32.2. The van der Waals surface area contributed by atoms with Gasteiger partial charge in [-0.15, -0.1) is 26.1 Å². The minimum Gasteiger partial charge on any atom is -0.207 e. The fourth-order valence-electron chi connectivity index (χ4n) is 6.70. The van der Waals surface area contributed by atoms with Crippen LogP contribution in [-0.2, 0) is 19.9 Å². The monoisotopic (exact) mass is 924 g/mol. The van der Waals surface area contributed by atoms with Crippen LogP contribution in [0.15, 0.2) is 54.6 Å². The molecule has 0 aromatic heterocycles. The van der Waals surface area contributed by atoms with Crippen molar-refractivity contribution in [2.75, 3.05) is 12.5 Å². The third-order valence-electron chi connectivity index (χ3n) is 9.28. The van der Waals surface area contributed by atoms with Crippen LogP contribution in [0, 0.1) is 116 Å². The molecular formula is C39H17BF20OS. The Hall–Kier alpha value is -5.87. The van der Waals surface area contributed by atoms with Gasteiger partial charge >= 0.3 is 0 Å². The molecule has 0 fully saturated rings. The molecule has 0 amide bonds. The van der Waals surface area contributed by atoms with Crippen LogP contribution in [0.3, 0.4) is 0 Å². The van der Waals surface area contributed by atoms with E-state index in [1.807, 2.05) is 18.2 Å². The van der Waals surface area contributed by atoms with Gasteiger partial charge in [0.1, 0.15) is 70.9 Å². The van der Waals surface area contributed by atoms with E-state index < -0.39 is 154 Å². The first-order valence-electron chi connectivity index (χ1n) is 16.5. The molecular weight excluding hydrogens is 907 g/mol. The van der Waals surface area contributed by atoms with Crippen LogP contribution in [0.4, 0.5) is 87.8 Å². The summed E-state index contributed by atoms with van der Waals surface area (Å²) in [6.07, 6.45) is -3.61. The van der Waals surface area contributed by atoms with Crippen LogP contribution >= 0.6 is 0 Å². The van der Waals surface area contributed by atoms with Gasteiger partial charge in [-0.25, -0.2) is 87.8 Å². The maximum atomic E-state index is 15.4. The van der Waals surface area contributed by atoms with Crippen molar-refractivity contribution in [1.82, 2.24) is 0 Å². The summed E-state index contributed by atoms with van der Waals surface area (Å²) >= 11 is 0. The highest BCUT2D eigenvalue weighted by molar-refractivity contribution is 8.00. The molecule has 0 unspecified atom stereocenters. The summed E-state index contributed by atoms with van der Waals surface area (Å²) < 4.78 is 306. The zero-order chi connectivity index (χ0) is 46.7. The SMILES string of the molecule is C[S+](C)(=O)Cc1ccc(-c2ccccc2)cc1.Fc1c(F)c(F)c([B-](c2c(F)c(F)c(F)c(F)c2F)(c2c(F)c(F)c(F)c(F)c2F)c2c(F)c(F)c(F)c(F)c2F)c(F)c1F. The molecule has 0 heterocycles. The molecule has 0 aliphatic carbocycles. The summed E-state index contributed by atoms with van der Waals surface area (Å²) in [6.45, 7) is 0. The summed E-state index contributed by atoms with van der Waals surface area (Å²) in [5.74, 6) is -70.8. The molecule has 6 aromatic rings. The fraction of sp³-hybridized carbons (Fsp3) is 0.0769. The zero-order valence-electron chi connectivity index (χ0n) is 30.4. The van der Waals surface area contributed by atoms with Crippen LogP contribution in [0.2, 0.25) is 0 Å². The highest BCUT2D eigenvalue weighted by Crippen LogP contribution is 2.31. The quantitative estimate of drug-likeness (QED) is 0.0513. The Morgan fingerprint density at radius 1 is 0.323 bits per heavy atom. The topological polar surface area (TPSA) is 17.1 Å². The van der Waals surface area contributed by atoms with Gasteiger partial charge < -0.3 is 0 Å². The van der Waals surface area contributed by atoms with E-state index in [0.29, 0.717) is 5.75 Å². The van der Waals surface area contributed by atoms with Crippen LogP contribution in [0.1, 0.15) is 5.56 Å². The van der Waals surface area contributed by atoms with Gasteiger partial charge in [-0.3, -0.25) is 0 Å². The van der Waals surface area contributed by atoms with E-state index >= 15 is 35.1 Å². The van der Waals surface area contributed by atoms with Crippen LogP contribution in [0.25, 0.3) is 11.1 Å². The van der Waals surface area contributed by atoms with Crippen molar-refractivity contribution >= 4 is 37.9 Å². The second kappa shape index (κ2) is 17.1. The maximum absolute atomic E-state index is 15.4. The van der Waals surface area contributed by atoms with Gasteiger partial charge in [0.05, 0.1) is 9.93 Å². The fourth-order valence-corrected chi connectivity index (χ4v) is 7.69. The summed E-state index contributed by atoms with van der Waals surface area (Å²) in [5.41, 5.74) is -10.8. The predicted molar refractivity (Wildman–Crippen MR) is 185 cm³/mol. The second-order valence-electron chi connectivity index (χ2n) is 13.4. The number of hydrogen-bond acceptors (Lipinski definition) is 1. The van der Waals surface area contributed by atoms with E-state index in [-0.39, 0.29) is 0 Å². The lowest BCUT2D eigenvalue weighted by atomic mass is 9.12. The van der Waals surface area contributed by atoms with Crippen molar-refractivity contribution in [2.45, 2.75) is 5.75 Å². The lowest BCUT2D eigenvalue weighted by Crippen LogP contribution is -2.81. The number of rotatable bonds is 7. The second-order valence-corrected chi connectivity index (χ2v) is 16.6. The highest BCUT2D eigenvalue weighted by Gasteiger charge is 2.52. The molecule has 0 aliphatic rings. The van der Waals surface area contributed by atoms with Crippen molar-refractivity contribution in [3.05, 3.63) is 177 Å². The van der Waals surface area contributed by atoms with Gasteiger partial charge in [-0.05, 0) is 11.1 Å². The van der Waals surface area contributed by atoms with Crippen molar-refractivity contribution in [1.29, 1.82) is 0 Å². The Balaban J connectivity index is 0.000000355. The van der Waals surface area contributed by atoms with Crippen LogP contribution in [-0.4, -0.2) is 18.7 Å². The Morgan fingerprint density at radius 3 is 0.758 bits per heavy atom. The molecule has 328 valence electrons. The molecule has 62 heavy (non-hydrogen) atoms. The van der Waals surface area contributed by atoms with Gasteiger partial charge in [0.25, 0.3) is 0 Å². The van der Waals surface area contributed by atoms with Crippen molar-refractivity contribution < 1.29 is 92.0 Å². The molecule has 1 nitrogen and oxygen atoms in total. The summed E-state index contributed by atoms with van der Waals surface area (Å²) in [7, 11) is -1.70. The molecule has 6 aromatic carbocycles. The molecule has 0 saturated carbocycles. The summed E-state index contributed by atoms with van der Waals surface area (Å²) in [5, 5.41) is 0. The molecule has 0 saturated heterocycles. The molecule has 0 bridgehead atoms. The van der Waals surface area contributed by atoms with Gasteiger partial charge in [0.15, 0.2) is 69.8 Å². The molecule has 0 N–H and O–H groups in total. The van der Waals surface area contributed by atoms with E-state index in [9.17, 15) is 56.9 Å². The van der Waals surface area contributed by atoms with E-state index in [1.54, 1.807) is 12.5 Å². The third kappa shape index (κ3) is 7.67. The van der Waals surface area contributed by atoms with Gasteiger partial charge in [0, 0.05) is 5.56 Å². The standard InChI is InChI=1S/C24BF20.C15H17OS/c26-5-1(6(27)14(35)21(42)13(5)34)25(2-7(28)15(36)22(43)16(37)8(2)29,3-9(30)17(38)23(44)18(39)10(3)31)4-11(32)19(40)24(45)20(41)12(4)33;1-17(2,16)12-13-8-10-15(11-9-13)14-6-4-3-5-7-14/h;3-11H,12H2,1-2H3/q-1;+1. The largest absolute Gasteiger partial charge is 0.207 e. The average molecular weight is 924 g/mol. The minimum absolute atomic E-state index is 0.655. The molecule has 23 heteroatoms. The van der Waals surface area contributed by atoms with Gasteiger partial charge in [0.2, 0.25) is 0 Å². The Morgan fingerprint density at radius 2 is 0.532 bits per heavy atom. The first-order chi connectivity index (χ1) is 28.7. The first kappa shape index (κ1) is 47.2. The predicted octanol–water partition coefficient (Wildman–Crippen LogP) is 9.46. The van der Waals surface area contributed by atoms with E-state index in [4.69, 9.17) is 0 Å². The Kier molecular flexibility index (Phi) is 13.0. The number of benzene rings is 6. The average Bonchev–Trinajstić information content (AvgIpc) is 3.23. The van der Waals surface area contributed by atoms with E-state index in [2.05, 4.69) is 36.4 Å². The maximum Gasteiger partial charge on any atom is 0.200 e. The van der Waals surface area contributed by atoms with Crippen LogP contribution in [0.5, 0.6) is 0 Å². The zero-order valence-corrected chi connectivity index (χ0v) is 31.2. The summed E-state index contributed by atoms with van der Waals surface area (Å²) in [4.78, 5) is 0. The molecule has 0 atom stereocenters. The Labute approximate surface area is 335 Å². The molecule has 0 spiro atoms.